The third-order valence-electron chi connectivity index (χ3n) is 3.26. The molecule has 0 radical (unpaired) electrons. The molecule has 1 aromatic rings. The summed E-state index contributed by atoms with van der Waals surface area (Å²) in [5.74, 6) is 1.18. The summed E-state index contributed by atoms with van der Waals surface area (Å²) < 4.78 is 0. The fourth-order valence-electron chi connectivity index (χ4n) is 2.38. The zero-order valence-corrected chi connectivity index (χ0v) is 9.85. The van der Waals surface area contributed by atoms with E-state index in [0.29, 0.717) is 18.3 Å². The number of anilines is 2. The lowest BCUT2D eigenvalue weighted by atomic mass is 9.95. The molecule has 1 aromatic heterocycles. The lowest BCUT2D eigenvalue weighted by Gasteiger charge is -2.33. The van der Waals surface area contributed by atoms with E-state index in [4.69, 9.17) is 11.5 Å². The minimum absolute atomic E-state index is 0.209. The van der Waals surface area contributed by atoms with E-state index >= 15 is 0 Å². The first-order valence-electron chi connectivity index (χ1n) is 6.00. The van der Waals surface area contributed by atoms with Crippen LogP contribution < -0.4 is 21.9 Å². The Kier molecular flexibility index (Phi) is 3.63. The average Bonchev–Trinajstić information content (AvgIpc) is 2.33. The predicted octanol–water partition coefficient (Wildman–Crippen LogP) is -0.0827. The number of nitrogen functional groups attached to an aromatic ring is 1. The van der Waals surface area contributed by atoms with Gasteiger partial charge < -0.3 is 21.4 Å². The molecule has 1 aliphatic heterocycles. The number of nitrogens with zero attached hydrogens (tertiary/aromatic N) is 2. The first-order chi connectivity index (χ1) is 8.22. The molecule has 1 unspecified atom stereocenters. The maximum absolute atomic E-state index is 11.4. The van der Waals surface area contributed by atoms with Gasteiger partial charge in [-0.2, -0.15) is 0 Å². The Hall–Kier alpha value is -1.56. The summed E-state index contributed by atoms with van der Waals surface area (Å²) in [6.07, 6.45) is 4.70. The molecule has 0 aliphatic carbocycles. The van der Waals surface area contributed by atoms with Gasteiger partial charge in [-0.25, -0.2) is 4.98 Å². The van der Waals surface area contributed by atoms with Crippen molar-refractivity contribution in [2.24, 2.45) is 11.7 Å². The molecule has 1 saturated heterocycles. The first-order valence-corrected chi connectivity index (χ1v) is 6.00. The third-order valence-corrected chi connectivity index (χ3v) is 3.26. The van der Waals surface area contributed by atoms with Crippen molar-refractivity contribution in [3.63, 3.8) is 0 Å². The van der Waals surface area contributed by atoms with Gasteiger partial charge >= 0.3 is 0 Å². The smallest absolute Gasteiger partial charge is 0.276 e. The van der Waals surface area contributed by atoms with Gasteiger partial charge in [0.1, 0.15) is 5.69 Å². The predicted molar refractivity (Wildman–Crippen MR) is 67.9 cm³/mol. The first kappa shape index (κ1) is 11.9. The fourth-order valence-corrected chi connectivity index (χ4v) is 2.38. The van der Waals surface area contributed by atoms with Crippen LogP contribution >= 0.6 is 0 Å². The van der Waals surface area contributed by atoms with Crippen LogP contribution in [0.15, 0.2) is 11.1 Å². The molecular formula is C11H19N5O. The van der Waals surface area contributed by atoms with Crippen LogP contribution in [0.3, 0.4) is 0 Å². The number of nitrogens with one attached hydrogen (secondary N) is 1. The van der Waals surface area contributed by atoms with E-state index in [1.165, 1.54) is 12.7 Å². The van der Waals surface area contributed by atoms with Gasteiger partial charge in [0.05, 0.1) is 6.33 Å². The number of nitrogens with two attached hydrogens (primary N) is 2. The summed E-state index contributed by atoms with van der Waals surface area (Å²) in [6, 6.07) is 0. The largest absolute Gasteiger partial charge is 0.391 e. The number of hydrogen-bond donors (Lipinski definition) is 3. The summed E-state index contributed by atoms with van der Waals surface area (Å²) >= 11 is 0. The minimum atomic E-state index is -0.268. The van der Waals surface area contributed by atoms with Crippen LogP contribution in [-0.4, -0.2) is 29.6 Å². The molecule has 0 amide bonds. The van der Waals surface area contributed by atoms with E-state index < -0.39 is 0 Å². The number of aromatic amines is 1. The molecule has 94 valence electrons. The summed E-state index contributed by atoms with van der Waals surface area (Å²) in [6.45, 7) is 2.50. The van der Waals surface area contributed by atoms with Crippen LogP contribution in [0.1, 0.15) is 19.3 Å². The van der Waals surface area contributed by atoms with Crippen molar-refractivity contribution in [3.05, 3.63) is 16.7 Å². The molecule has 2 heterocycles. The Morgan fingerprint density at radius 1 is 1.59 bits per heavy atom. The highest BCUT2D eigenvalue weighted by Gasteiger charge is 2.22. The van der Waals surface area contributed by atoms with Crippen molar-refractivity contribution in [1.29, 1.82) is 0 Å². The molecule has 6 heteroatoms. The molecule has 0 bridgehead atoms. The fraction of sp³-hybridized carbons (Fsp3) is 0.636. The lowest BCUT2D eigenvalue weighted by molar-refractivity contribution is 0.394. The Bertz CT molecular complexity index is 428. The summed E-state index contributed by atoms with van der Waals surface area (Å²) in [5.41, 5.74) is 11.3. The van der Waals surface area contributed by atoms with E-state index in [9.17, 15) is 4.79 Å². The Morgan fingerprint density at radius 3 is 3.18 bits per heavy atom. The molecule has 0 spiro atoms. The number of aromatic nitrogens is 2. The van der Waals surface area contributed by atoms with Crippen molar-refractivity contribution in [3.8, 4) is 0 Å². The van der Waals surface area contributed by atoms with E-state index in [1.54, 1.807) is 0 Å². The van der Waals surface area contributed by atoms with E-state index in [0.717, 1.165) is 25.9 Å². The number of hydrogen-bond acceptors (Lipinski definition) is 5. The number of H-pyrrole nitrogens is 1. The second-order valence-electron chi connectivity index (χ2n) is 4.50. The molecule has 5 N–H and O–H groups in total. The highest BCUT2D eigenvalue weighted by atomic mass is 16.1. The molecule has 1 fully saturated rings. The molecule has 0 aromatic carbocycles. The molecule has 2 rings (SSSR count). The van der Waals surface area contributed by atoms with Crippen LogP contribution in [0.2, 0.25) is 0 Å². The van der Waals surface area contributed by atoms with Crippen molar-refractivity contribution < 1.29 is 0 Å². The zero-order valence-electron chi connectivity index (χ0n) is 9.85. The second-order valence-corrected chi connectivity index (χ2v) is 4.50. The summed E-state index contributed by atoms with van der Waals surface area (Å²) in [4.78, 5) is 20.2. The van der Waals surface area contributed by atoms with Crippen LogP contribution in [0.25, 0.3) is 0 Å². The van der Waals surface area contributed by atoms with Gasteiger partial charge in [-0.15, -0.1) is 0 Å². The standard InChI is InChI=1S/C11H19N5O/c12-4-3-8-2-1-5-16(6-8)10-9(13)11(17)15-7-14-10/h7-8H,1-6,12-13H2,(H,14,15,17). The molecule has 1 atom stereocenters. The van der Waals surface area contributed by atoms with Gasteiger partial charge in [-0.3, -0.25) is 4.79 Å². The minimum Gasteiger partial charge on any atom is -0.391 e. The van der Waals surface area contributed by atoms with Crippen molar-refractivity contribution in [2.45, 2.75) is 19.3 Å². The average molecular weight is 237 g/mol. The number of piperidine rings is 1. The zero-order chi connectivity index (χ0) is 12.3. The van der Waals surface area contributed by atoms with Gasteiger partial charge in [-0.1, -0.05) is 0 Å². The third kappa shape index (κ3) is 2.58. The van der Waals surface area contributed by atoms with Crippen molar-refractivity contribution in [2.75, 3.05) is 30.3 Å². The number of rotatable bonds is 3. The van der Waals surface area contributed by atoms with Gasteiger partial charge in [0.15, 0.2) is 5.82 Å². The molecule has 1 aliphatic rings. The summed E-state index contributed by atoms with van der Waals surface area (Å²) in [5, 5.41) is 0. The second kappa shape index (κ2) is 5.18. The van der Waals surface area contributed by atoms with Crippen LogP contribution in [-0.2, 0) is 0 Å². The summed E-state index contributed by atoms with van der Waals surface area (Å²) in [7, 11) is 0. The van der Waals surface area contributed by atoms with Crippen LogP contribution in [0, 0.1) is 5.92 Å². The van der Waals surface area contributed by atoms with Gasteiger partial charge in [0.2, 0.25) is 0 Å². The van der Waals surface area contributed by atoms with E-state index in [1.807, 2.05) is 0 Å². The maximum atomic E-state index is 11.4. The van der Waals surface area contributed by atoms with Crippen LogP contribution in [0.4, 0.5) is 11.5 Å². The molecule has 0 saturated carbocycles. The SMILES string of the molecule is NCCC1CCCN(c2nc[nH]c(=O)c2N)C1. The van der Waals surface area contributed by atoms with Gasteiger partial charge in [-0.05, 0) is 31.7 Å². The van der Waals surface area contributed by atoms with Gasteiger partial charge in [0.25, 0.3) is 5.56 Å². The van der Waals surface area contributed by atoms with Gasteiger partial charge in [0, 0.05) is 13.1 Å². The lowest BCUT2D eigenvalue weighted by Crippen LogP contribution is -2.38. The van der Waals surface area contributed by atoms with E-state index in [-0.39, 0.29) is 11.2 Å². The Morgan fingerprint density at radius 2 is 2.41 bits per heavy atom. The molecule has 17 heavy (non-hydrogen) atoms. The van der Waals surface area contributed by atoms with E-state index in [2.05, 4.69) is 14.9 Å². The highest BCUT2D eigenvalue weighted by molar-refractivity contribution is 5.60. The monoisotopic (exact) mass is 237 g/mol. The van der Waals surface area contributed by atoms with Crippen molar-refractivity contribution >= 4 is 11.5 Å². The highest BCUT2D eigenvalue weighted by Crippen LogP contribution is 2.25. The topological polar surface area (TPSA) is 101 Å². The molecule has 6 nitrogen and oxygen atoms in total. The maximum Gasteiger partial charge on any atom is 0.276 e. The molecular weight excluding hydrogens is 218 g/mol. The van der Waals surface area contributed by atoms with Crippen molar-refractivity contribution in [1.82, 2.24) is 9.97 Å². The normalized spacial score (nSPS) is 20.5. The quantitative estimate of drug-likeness (QED) is 0.682. The van der Waals surface area contributed by atoms with Crippen LogP contribution in [0.5, 0.6) is 0 Å². The Balaban J connectivity index is 2.16. The Labute approximate surface area is 100 Å².